The first-order valence-electron chi connectivity index (χ1n) is 6.52. The van der Waals surface area contributed by atoms with E-state index in [1.807, 2.05) is 37.3 Å². The molecule has 1 unspecified atom stereocenters. The molecule has 0 heterocycles. The molecule has 1 atom stereocenters. The summed E-state index contributed by atoms with van der Waals surface area (Å²) in [6.45, 7) is 3.28. The summed E-state index contributed by atoms with van der Waals surface area (Å²) in [6.07, 6.45) is 0. The topological polar surface area (TPSA) is 21.3 Å². The van der Waals surface area contributed by atoms with Crippen molar-refractivity contribution >= 4 is 15.9 Å². The Morgan fingerprint density at radius 2 is 1.95 bits per heavy atom. The maximum absolute atomic E-state index is 13.1. The molecule has 0 amide bonds. The summed E-state index contributed by atoms with van der Waals surface area (Å²) in [5.41, 5.74) is 0.939. The van der Waals surface area contributed by atoms with Crippen LogP contribution in [0.4, 0.5) is 4.39 Å². The first-order chi connectivity index (χ1) is 9.65. The summed E-state index contributed by atoms with van der Waals surface area (Å²) in [5.74, 6) is 0.635. The van der Waals surface area contributed by atoms with Gasteiger partial charge in [-0.2, -0.15) is 0 Å². The fourth-order valence-corrected chi connectivity index (χ4v) is 2.13. The first-order valence-corrected chi connectivity index (χ1v) is 7.31. The molecule has 4 heteroatoms. The van der Waals surface area contributed by atoms with Crippen molar-refractivity contribution in [1.82, 2.24) is 5.32 Å². The van der Waals surface area contributed by atoms with Crippen molar-refractivity contribution < 1.29 is 9.13 Å². The lowest BCUT2D eigenvalue weighted by Gasteiger charge is -2.14. The first kappa shape index (κ1) is 15.0. The van der Waals surface area contributed by atoms with E-state index in [2.05, 4.69) is 21.2 Å². The Kier molecular flexibility index (Phi) is 5.56. The van der Waals surface area contributed by atoms with Gasteiger partial charge in [-0.3, -0.25) is 0 Å². The largest absolute Gasteiger partial charge is 0.492 e. The number of nitrogens with one attached hydrogen (secondary N) is 1. The van der Waals surface area contributed by atoms with E-state index in [-0.39, 0.29) is 11.9 Å². The van der Waals surface area contributed by atoms with E-state index in [1.165, 1.54) is 6.07 Å². The van der Waals surface area contributed by atoms with Crippen molar-refractivity contribution in [3.8, 4) is 5.75 Å². The molecule has 0 aliphatic heterocycles. The Balaban J connectivity index is 1.74. The zero-order valence-corrected chi connectivity index (χ0v) is 12.9. The molecule has 106 valence electrons. The van der Waals surface area contributed by atoms with Crippen molar-refractivity contribution in [2.24, 2.45) is 0 Å². The van der Waals surface area contributed by atoms with Crippen LogP contribution in [0.15, 0.2) is 53.0 Å². The number of benzene rings is 2. The average Bonchev–Trinajstić information content (AvgIpc) is 2.45. The van der Waals surface area contributed by atoms with Crippen LogP contribution in [-0.4, -0.2) is 13.2 Å². The van der Waals surface area contributed by atoms with Gasteiger partial charge in [0.1, 0.15) is 18.2 Å². The van der Waals surface area contributed by atoms with E-state index in [0.717, 1.165) is 15.8 Å². The molecule has 2 aromatic carbocycles. The monoisotopic (exact) mass is 337 g/mol. The van der Waals surface area contributed by atoms with Gasteiger partial charge in [-0.1, -0.05) is 28.1 Å². The normalized spacial score (nSPS) is 12.2. The van der Waals surface area contributed by atoms with Crippen LogP contribution in [0.5, 0.6) is 5.75 Å². The van der Waals surface area contributed by atoms with Crippen molar-refractivity contribution in [2.45, 2.75) is 13.0 Å². The molecule has 0 saturated carbocycles. The fraction of sp³-hybridized carbons (Fsp3) is 0.250. The highest BCUT2D eigenvalue weighted by atomic mass is 79.9. The fourth-order valence-electron chi connectivity index (χ4n) is 1.87. The summed E-state index contributed by atoms with van der Waals surface area (Å²) in [6, 6.07) is 14.5. The molecule has 0 radical (unpaired) electrons. The predicted molar refractivity (Wildman–Crippen MR) is 82.5 cm³/mol. The molecule has 0 bridgehead atoms. The highest BCUT2D eigenvalue weighted by molar-refractivity contribution is 9.10. The van der Waals surface area contributed by atoms with Crippen molar-refractivity contribution in [2.75, 3.05) is 13.2 Å². The van der Waals surface area contributed by atoms with Crippen LogP contribution in [-0.2, 0) is 0 Å². The van der Waals surface area contributed by atoms with E-state index in [9.17, 15) is 4.39 Å². The molecule has 0 saturated heterocycles. The molecule has 0 spiro atoms. The molecular weight excluding hydrogens is 321 g/mol. The summed E-state index contributed by atoms with van der Waals surface area (Å²) >= 11 is 3.38. The van der Waals surface area contributed by atoms with Crippen LogP contribution < -0.4 is 10.1 Å². The minimum absolute atomic E-state index is 0.0965. The third-order valence-electron chi connectivity index (χ3n) is 2.98. The van der Waals surface area contributed by atoms with Gasteiger partial charge in [0.25, 0.3) is 0 Å². The third-order valence-corrected chi connectivity index (χ3v) is 3.51. The van der Waals surface area contributed by atoms with E-state index < -0.39 is 0 Å². The van der Waals surface area contributed by atoms with E-state index in [1.54, 1.807) is 12.1 Å². The molecule has 1 N–H and O–H groups in total. The second-order valence-corrected chi connectivity index (χ2v) is 5.45. The second-order valence-electron chi connectivity index (χ2n) is 4.53. The third kappa shape index (κ3) is 4.62. The molecule has 20 heavy (non-hydrogen) atoms. The zero-order valence-electron chi connectivity index (χ0n) is 11.3. The Labute approximate surface area is 127 Å². The molecular formula is C16H17BrFNO. The van der Waals surface area contributed by atoms with Crippen LogP contribution in [0.3, 0.4) is 0 Å². The average molecular weight is 338 g/mol. The Hall–Kier alpha value is -1.39. The zero-order chi connectivity index (χ0) is 14.4. The number of halogens is 2. The van der Waals surface area contributed by atoms with E-state index >= 15 is 0 Å². The SMILES string of the molecule is CC(NCCOc1ccc(Br)cc1)c1cccc(F)c1. The lowest BCUT2D eigenvalue weighted by molar-refractivity contribution is 0.307. The maximum atomic E-state index is 13.1. The minimum atomic E-state index is -0.206. The van der Waals surface area contributed by atoms with Gasteiger partial charge in [0.15, 0.2) is 0 Å². The highest BCUT2D eigenvalue weighted by Gasteiger charge is 2.05. The molecule has 0 fully saturated rings. The van der Waals surface area contributed by atoms with Gasteiger partial charge in [0.05, 0.1) is 0 Å². The van der Waals surface area contributed by atoms with Crippen molar-refractivity contribution in [3.05, 3.63) is 64.4 Å². The standard InChI is InChI=1S/C16H17BrFNO/c1-12(13-3-2-4-15(18)11-13)19-9-10-20-16-7-5-14(17)6-8-16/h2-8,11-12,19H,9-10H2,1H3. The van der Waals surface area contributed by atoms with Gasteiger partial charge in [-0.15, -0.1) is 0 Å². The number of rotatable bonds is 6. The molecule has 0 aliphatic rings. The predicted octanol–water partition coefficient (Wildman–Crippen LogP) is 4.32. The van der Waals surface area contributed by atoms with Gasteiger partial charge in [0.2, 0.25) is 0 Å². The van der Waals surface area contributed by atoms with E-state index in [4.69, 9.17) is 4.74 Å². The van der Waals surface area contributed by atoms with Crippen LogP contribution >= 0.6 is 15.9 Å². The Morgan fingerprint density at radius 3 is 2.65 bits per heavy atom. The number of ether oxygens (including phenoxy) is 1. The maximum Gasteiger partial charge on any atom is 0.123 e. The molecule has 0 aromatic heterocycles. The van der Waals surface area contributed by atoms with Gasteiger partial charge < -0.3 is 10.1 Å². The number of hydrogen-bond donors (Lipinski definition) is 1. The smallest absolute Gasteiger partial charge is 0.123 e. The van der Waals surface area contributed by atoms with Crippen LogP contribution in [0.25, 0.3) is 0 Å². The van der Waals surface area contributed by atoms with Gasteiger partial charge in [-0.25, -0.2) is 4.39 Å². The molecule has 2 rings (SSSR count). The minimum Gasteiger partial charge on any atom is -0.492 e. The van der Waals surface area contributed by atoms with Crippen molar-refractivity contribution in [3.63, 3.8) is 0 Å². The Morgan fingerprint density at radius 1 is 1.20 bits per heavy atom. The van der Waals surface area contributed by atoms with E-state index in [0.29, 0.717) is 13.2 Å². The molecule has 2 aromatic rings. The van der Waals surface area contributed by atoms with Gasteiger partial charge in [-0.05, 0) is 48.9 Å². The second kappa shape index (κ2) is 7.41. The summed E-state index contributed by atoms with van der Waals surface area (Å²) < 4.78 is 19.8. The lowest BCUT2D eigenvalue weighted by Crippen LogP contribution is -2.24. The van der Waals surface area contributed by atoms with Crippen LogP contribution in [0.1, 0.15) is 18.5 Å². The molecule has 2 nitrogen and oxygen atoms in total. The van der Waals surface area contributed by atoms with Crippen molar-refractivity contribution in [1.29, 1.82) is 0 Å². The van der Waals surface area contributed by atoms with Gasteiger partial charge >= 0.3 is 0 Å². The van der Waals surface area contributed by atoms with Crippen LogP contribution in [0, 0.1) is 5.82 Å². The lowest BCUT2D eigenvalue weighted by atomic mass is 10.1. The van der Waals surface area contributed by atoms with Gasteiger partial charge in [0, 0.05) is 17.1 Å². The highest BCUT2D eigenvalue weighted by Crippen LogP contribution is 2.16. The number of hydrogen-bond acceptors (Lipinski definition) is 2. The Bertz CT molecular complexity index is 544. The summed E-state index contributed by atoms with van der Waals surface area (Å²) in [7, 11) is 0. The van der Waals surface area contributed by atoms with Crippen LogP contribution in [0.2, 0.25) is 0 Å². The summed E-state index contributed by atoms with van der Waals surface area (Å²) in [4.78, 5) is 0. The summed E-state index contributed by atoms with van der Waals surface area (Å²) in [5, 5.41) is 3.31. The quantitative estimate of drug-likeness (QED) is 0.792. The molecule has 0 aliphatic carbocycles.